The van der Waals surface area contributed by atoms with E-state index in [4.69, 9.17) is 4.98 Å². The highest BCUT2D eigenvalue weighted by atomic mass is 19.1. The van der Waals surface area contributed by atoms with E-state index >= 15 is 0 Å². The Hall–Kier alpha value is -3.06. The molecule has 1 fully saturated rings. The summed E-state index contributed by atoms with van der Waals surface area (Å²) in [5.74, 6) is 1.57. The summed E-state index contributed by atoms with van der Waals surface area (Å²) in [4.78, 5) is 9.47. The van der Waals surface area contributed by atoms with Crippen LogP contribution in [0.4, 0.5) is 10.3 Å². The summed E-state index contributed by atoms with van der Waals surface area (Å²) >= 11 is 0. The van der Waals surface area contributed by atoms with Gasteiger partial charge in [0.25, 0.3) is 0 Å². The summed E-state index contributed by atoms with van der Waals surface area (Å²) in [7, 11) is 0. The Morgan fingerprint density at radius 3 is 2.50 bits per heavy atom. The second kappa shape index (κ2) is 6.83. The molecule has 7 heteroatoms. The monoisotopic (exact) mass is 376 g/mol. The van der Waals surface area contributed by atoms with Crippen LogP contribution in [0.15, 0.2) is 48.5 Å². The Bertz CT molecular complexity index is 1150. The van der Waals surface area contributed by atoms with Crippen molar-refractivity contribution in [3.63, 3.8) is 0 Å². The van der Waals surface area contributed by atoms with E-state index in [-0.39, 0.29) is 5.82 Å². The standard InChI is InChI=1S/C21H21FN6/c1-15-24-25-20-17-7-3-5-9-19(17)23-21(28(15)20)27-12-10-26(11-13-27)14-16-6-2-4-8-18(16)22/h2-9H,10-14H2,1H3. The second-order valence-electron chi connectivity index (χ2n) is 7.19. The molecular formula is C21H21FN6. The lowest BCUT2D eigenvalue weighted by Crippen LogP contribution is -2.47. The Morgan fingerprint density at radius 1 is 0.929 bits per heavy atom. The summed E-state index contributed by atoms with van der Waals surface area (Å²) in [6.07, 6.45) is 0. The van der Waals surface area contributed by atoms with Crippen molar-refractivity contribution in [1.29, 1.82) is 0 Å². The Balaban J connectivity index is 1.42. The first kappa shape index (κ1) is 17.1. The molecule has 2 aromatic heterocycles. The van der Waals surface area contributed by atoms with Gasteiger partial charge in [0, 0.05) is 43.7 Å². The Kier molecular flexibility index (Phi) is 4.16. The largest absolute Gasteiger partial charge is 0.339 e. The van der Waals surface area contributed by atoms with Gasteiger partial charge in [-0.15, -0.1) is 10.2 Å². The molecule has 2 aromatic carbocycles. The number of rotatable bonds is 3. The average molecular weight is 376 g/mol. The summed E-state index contributed by atoms with van der Waals surface area (Å²) in [6, 6.07) is 15.0. The third-order valence-electron chi connectivity index (χ3n) is 5.40. The van der Waals surface area contributed by atoms with E-state index in [1.54, 1.807) is 6.07 Å². The van der Waals surface area contributed by atoms with Crippen molar-refractivity contribution in [3.8, 4) is 0 Å². The molecule has 5 rings (SSSR count). The number of hydrogen-bond donors (Lipinski definition) is 0. The van der Waals surface area contributed by atoms with Gasteiger partial charge in [0.05, 0.1) is 5.52 Å². The lowest BCUT2D eigenvalue weighted by atomic mass is 10.2. The predicted octanol–water partition coefficient (Wildman–Crippen LogP) is 3.05. The third kappa shape index (κ3) is 2.88. The number of fused-ring (bicyclic) bond motifs is 3. The molecule has 0 unspecified atom stereocenters. The molecule has 0 aliphatic carbocycles. The van der Waals surface area contributed by atoms with Crippen LogP contribution in [0.2, 0.25) is 0 Å². The van der Waals surface area contributed by atoms with Crippen molar-refractivity contribution >= 4 is 22.5 Å². The van der Waals surface area contributed by atoms with Gasteiger partial charge < -0.3 is 4.90 Å². The van der Waals surface area contributed by atoms with Gasteiger partial charge in [0.15, 0.2) is 5.65 Å². The number of aromatic nitrogens is 4. The second-order valence-corrected chi connectivity index (χ2v) is 7.19. The highest BCUT2D eigenvalue weighted by molar-refractivity contribution is 5.92. The number of anilines is 1. The van der Waals surface area contributed by atoms with E-state index < -0.39 is 0 Å². The first-order valence-corrected chi connectivity index (χ1v) is 9.52. The SMILES string of the molecule is Cc1nnc2c3ccccc3nc(N3CCN(Cc4ccccc4F)CC3)n12. The predicted molar refractivity (Wildman–Crippen MR) is 107 cm³/mol. The normalized spacial score (nSPS) is 15.6. The fraction of sp³-hybridized carbons (Fsp3) is 0.286. The zero-order valence-corrected chi connectivity index (χ0v) is 15.7. The number of hydrogen-bond acceptors (Lipinski definition) is 5. The fourth-order valence-electron chi connectivity index (χ4n) is 3.88. The van der Waals surface area contributed by atoms with E-state index in [0.29, 0.717) is 6.54 Å². The van der Waals surface area contributed by atoms with Crippen LogP contribution in [0.3, 0.4) is 0 Å². The van der Waals surface area contributed by atoms with Gasteiger partial charge in [-0.25, -0.2) is 13.8 Å². The van der Waals surface area contributed by atoms with Gasteiger partial charge >= 0.3 is 0 Å². The van der Waals surface area contributed by atoms with Crippen molar-refractivity contribution < 1.29 is 4.39 Å². The van der Waals surface area contributed by atoms with Crippen LogP contribution in [0.5, 0.6) is 0 Å². The first-order chi connectivity index (χ1) is 13.7. The van der Waals surface area contributed by atoms with Crippen molar-refractivity contribution in [3.05, 3.63) is 65.7 Å². The molecule has 0 bridgehead atoms. The molecule has 142 valence electrons. The summed E-state index contributed by atoms with van der Waals surface area (Å²) in [6.45, 7) is 5.94. The number of piperazine rings is 1. The number of benzene rings is 2. The van der Waals surface area contributed by atoms with Gasteiger partial charge in [-0.05, 0) is 25.1 Å². The van der Waals surface area contributed by atoms with E-state index in [0.717, 1.165) is 60.1 Å². The summed E-state index contributed by atoms with van der Waals surface area (Å²) in [5.41, 5.74) is 2.51. The Morgan fingerprint density at radius 2 is 1.68 bits per heavy atom. The van der Waals surface area contributed by atoms with Crippen LogP contribution < -0.4 is 4.90 Å². The molecule has 0 N–H and O–H groups in total. The van der Waals surface area contributed by atoms with Crippen LogP contribution in [-0.4, -0.2) is 50.7 Å². The van der Waals surface area contributed by atoms with Crippen LogP contribution in [0.25, 0.3) is 16.6 Å². The molecule has 0 amide bonds. The molecule has 4 aromatic rings. The van der Waals surface area contributed by atoms with Gasteiger partial charge in [-0.2, -0.15) is 0 Å². The van der Waals surface area contributed by atoms with Gasteiger partial charge in [-0.3, -0.25) is 4.90 Å². The van der Waals surface area contributed by atoms with Gasteiger partial charge in [0.1, 0.15) is 11.6 Å². The van der Waals surface area contributed by atoms with Crippen LogP contribution in [0.1, 0.15) is 11.4 Å². The molecule has 1 saturated heterocycles. The zero-order chi connectivity index (χ0) is 19.1. The van der Waals surface area contributed by atoms with E-state index in [2.05, 4.69) is 20.0 Å². The smallest absolute Gasteiger partial charge is 0.213 e. The average Bonchev–Trinajstić information content (AvgIpc) is 3.12. The molecule has 0 radical (unpaired) electrons. The molecule has 1 aliphatic rings. The maximum Gasteiger partial charge on any atom is 0.213 e. The van der Waals surface area contributed by atoms with Crippen LogP contribution in [-0.2, 0) is 6.54 Å². The summed E-state index contributed by atoms with van der Waals surface area (Å²) < 4.78 is 16.0. The van der Waals surface area contributed by atoms with Crippen molar-refractivity contribution in [2.75, 3.05) is 31.1 Å². The topological polar surface area (TPSA) is 49.6 Å². The third-order valence-corrected chi connectivity index (χ3v) is 5.40. The molecule has 0 saturated carbocycles. The highest BCUT2D eigenvalue weighted by Crippen LogP contribution is 2.25. The lowest BCUT2D eigenvalue weighted by molar-refractivity contribution is 0.245. The summed E-state index contributed by atoms with van der Waals surface area (Å²) in [5, 5.41) is 9.66. The molecule has 0 spiro atoms. The molecule has 6 nitrogen and oxygen atoms in total. The molecular weight excluding hydrogens is 355 g/mol. The number of halogens is 1. The van der Waals surface area contributed by atoms with E-state index in [9.17, 15) is 4.39 Å². The minimum atomic E-state index is -0.136. The zero-order valence-electron chi connectivity index (χ0n) is 15.7. The molecule has 28 heavy (non-hydrogen) atoms. The van der Waals surface area contributed by atoms with E-state index in [1.807, 2.05) is 47.7 Å². The van der Waals surface area contributed by atoms with Crippen LogP contribution >= 0.6 is 0 Å². The molecule has 1 aliphatic heterocycles. The Labute approximate surface area is 162 Å². The maximum absolute atomic E-state index is 14.0. The minimum Gasteiger partial charge on any atom is -0.339 e. The van der Waals surface area contributed by atoms with Crippen molar-refractivity contribution in [2.24, 2.45) is 0 Å². The fourth-order valence-corrected chi connectivity index (χ4v) is 3.88. The van der Waals surface area contributed by atoms with E-state index in [1.165, 1.54) is 6.07 Å². The quantitative estimate of drug-likeness (QED) is 0.550. The van der Waals surface area contributed by atoms with Crippen molar-refractivity contribution in [2.45, 2.75) is 13.5 Å². The van der Waals surface area contributed by atoms with Crippen LogP contribution in [0, 0.1) is 12.7 Å². The van der Waals surface area contributed by atoms with Gasteiger partial charge in [-0.1, -0.05) is 30.3 Å². The lowest BCUT2D eigenvalue weighted by Gasteiger charge is -2.35. The number of nitrogens with zero attached hydrogens (tertiary/aromatic N) is 6. The van der Waals surface area contributed by atoms with Gasteiger partial charge in [0.2, 0.25) is 5.95 Å². The molecule has 3 heterocycles. The number of para-hydroxylation sites is 1. The minimum absolute atomic E-state index is 0.136. The molecule has 0 atom stereocenters. The number of aryl methyl sites for hydroxylation is 1. The first-order valence-electron chi connectivity index (χ1n) is 9.52. The highest BCUT2D eigenvalue weighted by Gasteiger charge is 2.23. The van der Waals surface area contributed by atoms with Crippen molar-refractivity contribution in [1.82, 2.24) is 24.5 Å². The maximum atomic E-state index is 14.0.